The van der Waals surface area contributed by atoms with Crippen LogP contribution in [0.1, 0.15) is 76.2 Å². The highest BCUT2D eigenvalue weighted by molar-refractivity contribution is 7.90. The van der Waals surface area contributed by atoms with Crippen molar-refractivity contribution in [1.82, 2.24) is 24.8 Å². The lowest BCUT2D eigenvalue weighted by Gasteiger charge is -2.44. The number of halogens is 4. The smallest absolute Gasteiger partial charge is 0.410 e. The zero-order chi connectivity index (χ0) is 32.2. The van der Waals surface area contributed by atoms with E-state index in [0.717, 1.165) is 6.20 Å². The fourth-order valence-corrected chi connectivity index (χ4v) is 7.90. The number of likely N-dealkylation sites (tertiary alicyclic amines) is 1. The molecule has 4 N–H and O–H groups in total. The van der Waals surface area contributed by atoms with Gasteiger partial charge < -0.3 is 19.9 Å². The Morgan fingerprint density at radius 2 is 1.86 bits per heavy atom. The maximum absolute atomic E-state index is 14.5. The van der Waals surface area contributed by atoms with Gasteiger partial charge in [0.15, 0.2) is 17.1 Å². The number of aromatic nitrogens is 3. The van der Waals surface area contributed by atoms with E-state index in [0.29, 0.717) is 19.3 Å². The molecule has 44 heavy (non-hydrogen) atoms. The number of hydrogen-bond acceptors (Lipinski definition) is 7. The zero-order valence-electron chi connectivity index (χ0n) is 25.1. The summed E-state index contributed by atoms with van der Waals surface area (Å²) in [5.41, 5.74) is 3.07. The molecule has 1 aliphatic heterocycles. The lowest BCUT2D eigenvalue weighted by Crippen LogP contribution is -2.62. The summed E-state index contributed by atoms with van der Waals surface area (Å²) in [6, 6.07) is 2.81. The Hall–Kier alpha value is -2.91. The molecule has 3 heterocycles. The van der Waals surface area contributed by atoms with Gasteiger partial charge in [0.1, 0.15) is 4.75 Å². The third-order valence-electron chi connectivity index (χ3n) is 9.56. The number of alkyl halides is 3. The van der Waals surface area contributed by atoms with Gasteiger partial charge in [0, 0.05) is 41.0 Å². The Labute approximate surface area is 256 Å². The zero-order valence-corrected chi connectivity index (χ0v) is 25.9. The number of amides is 2. The van der Waals surface area contributed by atoms with Crippen LogP contribution in [0.15, 0.2) is 18.3 Å². The summed E-state index contributed by atoms with van der Waals surface area (Å²) in [4.78, 5) is 31.6. The van der Waals surface area contributed by atoms with Crippen molar-refractivity contribution in [3.63, 3.8) is 0 Å². The van der Waals surface area contributed by atoms with Gasteiger partial charge in [0.2, 0.25) is 11.8 Å². The van der Waals surface area contributed by atoms with Crippen molar-refractivity contribution in [3.8, 4) is 17.1 Å². The fourth-order valence-electron chi connectivity index (χ4n) is 6.92. The quantitative estimate of drug-likeness (QED) is 0.302. The predicted molar refractivity (Wildman–Crippen MR) is 154 cm³/mol. The number of H-pyrrole nitrogens is 1. The normalized spacial score (nSPS) is 29.8. The van der Waals surface area contributed by atoms with Gasteiger partial charge in [-0.25, -0.2) is 9.37 Å². The highest BCUT2D eigenvalue weighted by Crippen LogP contribution is 2.62. The van der Waals surface area contributed by atoms with Gasteiger partial charge in [-0.2, -0.15) is 18.3 Å². The van der Waals surface area contributed by atoms with E-state index in [2.05, 4.69) is 19.9 Å². The number of piperidine rings is 1. The first kappa shape index (κ1) is 32.5. The topological polar surface area (TPSA) is 149 Å². The van der Waals surface area contributed by atoms with Crippen molar-refractivity contribution in [2.75, 3.05) is 13.7 Å². The molecule has 2 aromatic heterocycles. The number of carbonyl (C=O) groups excluding carboxylic acids is 2. The van der Waals surface area contributed by atoms with Gasteiger partial charge in [-0.3, -0.25) is 14.7 Å². The molecule has 2 amide bonds. The fraction of sp³-hybridized carbons (Fsp3) is 0.655. The van der Waals surface area contributed by atoms with Crippen LogP contribution in [0.5, 0.6) is 5.88 Å². The lowest BCUT2D eigenvalue weighted by atomic mass is 9.73. The maximum Gasteiger partial charge on any atom is 0.410 e. The van der Waals surface area contributed by atoms with Crippen LogP contribution in [0.4, 0.5) is 17.6 Å². The summed E-state index contributed by atoms with van der Waals surface area (Å²) < 4.78 is 77.0. The van der Waals surface area contributed by atoms with Crippen LogP contribution in [0.25, 0.3) is 11.3 Å². The summed E-state index contributed by atoms with van der Waals surface area (Å²) in [5.74, 6) is -2.08. The van der Waals surface area contributed by atoms with Gasteiger partial charge in [-0.1, -0.05) is 0 Å². The average molecular weight is 643 g/mol. The summed E-state index contributed by atoms with van der Waals surface area (Å²) in [5, 5.41) is 6.84. The SMILES string of the molecule is COc1cc(-c2cc(C(=O)N3CCC(C(N)=O)CC34CC4C3CCC(N[S+]([O-])C(C)(C)C)(C(F)(F)F)CC3)n[nH]2)c(F)cn1. The second-order valence-corrected chi connectivity index (χ2v) is 15.2. The van der Waals surface area contributed by atoms with Crippen molar-refractivity contribution >= 4 is 23.2 Å². The molecule has 1 saturated heterocycles. The Morgan fingerprint density at radius 3 is 2.45 bits per heavy atom. The first-order valence-corrected chi connectivity index (χ1v) is 15.8. The second-order valence-electron chi connectivity index (χ2n) is 13.2. The summed E-state index contributed by atoms with van der Waals surface area (Å²) in [6.07, 6.45) is -2.44. The Morgan fingerprint density at radius 1 is 1.18 bits per heavy atom. The van der Waals surface area contributed by atoms with Crippen molar-refractivity contribution in [2.45, 2.75) is 87.7 Å². The molecule has 3 fully saturated rings. The molecule has 15 heteroatoms. The molecule has 0 radical (unpaired) electrons. The van der Waals surface area contributed by atoms with Crippen LogP contribution >= 0.6 is 0 Å². The molecular weight excluding hydrogens is 604 g/mol. The number of pyridine rings is 1. The number of aromatic amines is 1. The van der Waals surface area contributed by atoms with E-state index < -0.39 is 56.9 Å². The van der Waals surface area contributed by atoms with Crippen molar-refractivity contribution in [3.05, 3.63) is 29.8 Å². The highest BCUT2D eigenvalue weighted by atomic mass is 32.2. The molecule has 242 valence electrons. The van der Waals surface area contributed by atoms with Crippen LogP contribution < -0.4 is 15.2 Å². The molecule has 0 bridgehead atoms. The van der Waals surface area contributed by atoms with E-state index in [1.807, 2.05) is 0 Å². The van der Waals surface area contributed by atoms with Crippen molar-refractivity contribution in [1.29, 1.82) is 0 Å². The minimum absolute atomic E-state index is 0.0475. The number of nitrogens with zero attached hydrogens (tertiary/aromatic N) is 3. The van der Waals surface area contributed by atoms with E-state index in [9.17, 15) is 31.7 Å². The van der Waals surface area contributed by atoms with Crippen LogP contribution in [0.2, 0.25) is 0 Å². The number of hydrogen-bond donors (Lipinski definition) is 3. The molecule has 5 rings (SSSR count). The van der Waals surface area contributed by atoms with E-state index in [-0.39, 0.29) is 66.9 Å². The van der Waals surface area contributed by atoms with Crippen molar-refractivity contribution in [2.24, 2.45) is 23.5 Å². The highest BCUT2D eigenvalue weighted by Gasteiger charge is 2.67. The third-order valence-corrected chi connectivity index (χ3v) is 11.2. The van der Waals surface area contributed by atoms with E-state index >= 15 is 0 Å². The molecule has 4 unspecified atom stereocenters. The van der Waals surface area contributed by atoms with E-state index in [4.69, 9.17) is 10.5 Å². The molecule has 2 aromatic rings. The Balaban J connectivity index is 1.36. The number of rotatable bonds is 7. The first-order chi connectivity index (χ1) is 20.5. The van der Waals surface area contributed by atoms with Gasteiger partial charge in [-0.05, 0) is 83.6 Å². The van der Waals surface area contributed by atoms with E-state index in [1.54, 1.807) is 25.7 Å². The standard InChI is InChI=1S/C29H38F4N6O4S/c1-26(2,3)44(42)38-28(29(31,32)33)8-5-16(6-9-28)19-14-27(19)13-17(24(34)40)7-10-39(27)25(41)22-12-21(36-37-22)18-11-23(43-4)35-15-20(18)30/h11-12,15-17,19,38H,5-10,13-14H2,1-4H3,(H2,34,40)(H,36,37). The molecular formula is C29H38F4N6O4S. The monoisotopic (exact) mass is 642 g/mol. The van der Waals surface area contributed by atoms with Gasteiger partial charge in [0.05, 0.1) is 19.0 Å². The minimum Gasteiger partial charge on any atom is -0.598 e. The molecule has 2 aliphatic carbocycles. The number of primary amides is 1. The second kappa shape index (κ2) is 11.5. The first-order valence-electron chi connectivity index (χ1n) is 14.6. The number of methoxy groups -OCH3 is 1. The Bertz CT molecular complexity index is 1410. The number of ether oxygens (including phenoxy) is 1. The molecule has 10 nitrogen and oxygen atoms in total. The van der Waals surface area contributed by atoms with Gasteiger partial charge in [-0.15, -0.1) is 4.72 Å². The molecule has 1 spiro atoms. The lowest BCUT2D eigenvalue weighted by molar-refractivity contribution is -0.202. The summed E-state index contributed by atoms with van der Waals surface area (Å²) in [7, 11) is 1.39. The average Bonchev–Trinajstić information content (AvgIpc) is 3.42. The minimum atomic E-state index is -4.60. The van der Waals surface area contributed by atoms with Gasteiger partial charge >= 0.3 is 6.18 Å². The van der Waals surface area contributed by atoms with Crippen molar-refractivity contribution < 1.29 is 36.4 Å². The molecule has 4 atom stereocenters. The van der Waals surface area contributed by atoms with Crippen LogP contribution in [-0.4, -0.2) is 72.1 Å². The number of nitrogens with two attached hydrogens (primary N) is 1. The number of carbonyl (C=O) groups is 2. The summed E-state index contributed by atoms with van der Waals surface area (Å²) in [6.45, 7) is 5.09. The molecule has 2 saturated carbocycles. The number of nitrogens with one attached hydrogen (secondary N) is 2. The molecule has 0 aromatic carbocycles. The summed E-state index contributed by atoms with van der Waals surface area (Å²) >= 11 is -1.91. The largest absolute Gasteiger partial charge is 0.598 e. The molecule has 3 aliphatic rings. The third kappa shape index (κ3) is 5.89. The maximum atomic E-state index is 14.5. The van der Waals surface area contributed by atoms with Crippen LogP contribution in [0, 0.1) is 23.6 Å². The Kier molecular flexibility index (Phi) is 8.47. The predicted octanol–water partition coefficient (Wildman–Crippen LogP) is 4.26. The van der Waals surface area contributed by atoms with Crippen LogP contribution in [-0.2, 0) is 16.2 Å². The van der Waals surface area contributed by atoms with Gasteiger partial charge in [0.25, 0.3) is 5.91 Å². The van der Waals surface area contributed by atoms with Crippen LogP contribution in [0.3, 0.4) is 0 Å². The van der Waals surface area contributed by atoms with E-state index in [1.165, 1.54) is 19.2 Å².